The molecule has 0 radical (unpaired) electrons. The quantitative estimate of drug-likeness (QED) is 0.837. The highest BCUT2D eigenvalue weighted by Gasteiger charge is 2.38. The van der Waals surface area contributed by atoms with Gasteiger partial charge < -0.3 is 10.2 Å². The van der Waals surface area contributed by atoms with Gasteiger partial charge in [-0.05, 0) is 30.9 Å². The van der Waals surface area contributed by atoms with Gasteiger partial charge in [-0.1, -0.05) is 25.8 Å². The summed E-state index contributed by atoms with van der Waals surface area (Å²) in [5.74, 6) is 0. The van der Waals surface area contributed by atoms with Crippen molar-refractivity contribution in [2.24, 2.45) is 0 Å². The molecule has 1 atom stereocenters. The van der Waals surface area contributed by atoms with Crippen molar-refractivity contribution in [3.63, 3.8) is 0 Å². The number of pyridine rings is 1. The van der Waals surface area contributed by atoms with E-state index in [9.17, 15) is 10.2 Å². The molecule has 3 heteroatoms. The van der Waals surface area contributed by atoms with Crippen LogP contribution >= 0.6 is 0 Å². The first-order valence-corrected chi connectivity index (χ1v) is 6.48. The second kappa shape index (κ2) is 5.15. The van der Waals surface area contributed by atoms with Crippen molar-refractivity contribution in [2.75, 3.05) is 0 Å². The Bertz CT molecular complexity index is 355. The highest BCUT2D eigenvalue weighted by atomic mass is 16.3. The first-order chi connectivity index (χ1) is 8.14. The second-order valence-corrected chi connectivity index (χ2v) is 5.04. The van der Waals surface area contributed by atoms with E-state index in [1.54, 1.807) is 0 Å². The van der Waals surface area contributed by atoms with Gasteiger partial charge in [-0.15, -0.1) is 0 Å². The van der Waals surface area contributed by atoms with E-state index in [0.717, 1.165) is 25.0 Å². The number of hydrogen-bond donors (Lipinski definition) is 2. The van der Waals surface area contributed by atoms with Crippen LogP contribution in [0.3, 0.4) is 0 Å². The van der Waals surface area contributed by atoms with Crippen LogP contribution in [0.4, 0.5) is 0 Å². The maximum absolute atomic E-state index is 10.2. The monoisotopic (exact) mass is 235 g/mol. The van der Waals surface area contributed by atoms with Crippen molar-refractivity contribution in [2.45, 2.75) is 57.2 Å². The van der Waals surface area contributed by atoms with Gasteiger partial charge in [0, 0.05) is 18.3 Å². The normalized spacial score (nSPS) is 20.4. The third-order valence-electron chi connectivity index (χ3n) is 3.79. The van der Waals surface area contributed by atoms with Crippen LogP contribution in [0.1, 0.15) is 43.9 Å². The lowest BCUT2D eigenvalue weighted by atomic mass is 9.91. The molecule has 2 N–H and O–H groups in total. The van der Waals surface area contributed by atoms with E-state index >= 15 is 0 Å². The number of aliphatic hydroxyl groups excluding tert-OH is 1. The maximum atomic E-state index is 10.2. The Labute approximate surface area is 103 Å². The fourth-order valence-electron chi connectivity index (χ4n) is 2.49. The Hall–Kier alpha value is -0.930. The third-order valence-corrected chi connectivity index (χ3v) is 3.79. The molecule has 17 heavy (non-hydrogen) atoms. The summed E-state index contributed by atoms with van der Waals surface area (Å²) in [5, 5.41) is 20.3. The minimum absolute atomic E-state index is 0.445. The predicted octanol–water partition coefficient (Wildman–Crippen LogP) is 1.85. The van der Waals surface area contributed by atoms with Gasteiger partial charge in [0.1, 0.15) is 0 Å². The first kappa shape index (κ1) is 12.5. The van der Waals surface area contributed by atoms with Gasteiger partial charge in [-0.3, -0.25) is 4.98 Å². The van der Waals surface area contributed by atoms with Gasteiger partial charge in [0.15, 0.2) is 0 Å². The van der Waals surface area contributed by atoms with Gasteiger partial charge in [0.2, 0.25) is 0 Å². The molecule has 94 valence electrons. The van der Waals surface area contributed by atoms with Gasteiger partial charge in [0.25, 0.3) is 0 Å². The topological polar surface area (TPSA) is 53.4 Å². The van der Waals surface area contributed by atoms with Crippen LogP contribution in [0.5, 0.6) is 0 Å². The van der Waals surface area contributed by atoms with Gasteiger partial charge in [-0.25, -0.2) is 0 Å². The number of nitrogens with zero attached hydrogens (tertiary/aromatic N) is 1. The van der Waals surface area contributed by atoms with Crippen molar-refractivity contribution < 1.29 is 10.2 Å². The summed E-state index contributed by atoms with van der Waals surface area (Å²) in [6.45, 7) is 2.09. The number of aliphatic hydroxyl groups is 2. The Morgan fingerprint density at radius 3 is 2.59 bits per heavy atom. The van der Waals surface area contributed by atoms with Crippen molar-refractivity contribution in [3.8, 4) is 0 Å². The molecule has 1 heterocycles. The molecule has 1 aliphatic rings. The Morgan fingerprint density at radius 1 is 1.35 bits per heavy atom. The van der Waals surface area contributed by atoms with Crippen molar-refractivity contribution >= 4 is 0 Å². The number of aryl methyl sites for hydroxylation is 1. The van der Waals surface area contributed by atoms with E-state index in [4.69, 9.17) is 0 Å². The van der Waals surface area contributed by atoms with Crippen LogP contribution in [0, 0.1) is 0 Å². The van der Waals surface area contributed by atoms with Crippen molar-refractivity contribution in [3.05, 3.63) is 29.6 Å². The molecule has 0 saturated heterocycles. The highest BCUT2D eigenvalue weighted by molar-refractivity contribution is 5.15. The average Bonchev–Trinajstić information content (AvgIpc) is 2.78. The number of rotatable bonds is 4. The Kier molecular flexibility index (Phi) is 3.79. The fraction of sp³-hybridized carbons (Fsp3) is 0.643. The Morgan fingerprint density at radius 2 is 2.06 bits per heavy atom. The zero-order valence-electron chi connectivity index (χ0n) is 10.4. The van der Waals surface area contributed by atoms with E-state index in [1.807, 2.05) is 18.3 Å². The van der Waals surface area contributed by atoms with Crippen LogP contribution < -0.4 is 0 Å². The number of aromatic nitrogens is 1. The molecule has 3 nitrogen and oxygen atoms in total. The molecule has 1 fully saturated rings. The van der Waals surface area contributed by atoms with E-state index < -0.39 is 11.7 Å². The van der Waals surface area contributed by atoms with Crippen molar-refractivity contribution in [1.82, 2.24) is 4.98 Å². The van der Waals surface area contributed by atoms with Gasteiger partial charge >= 0.3 is 0 Å². The molecular formula is C14H21NO2. The summed E-state index contributed by atoms with van der Waals surface area (Å²) in [5.41, 5.74) is 1.17. The van der Waals surface area contributed by atoms with Crippen LogP contribution in [-0.2, 0) is 12.8 Å². The zero-order valence-corrected chi connectivity index (χ0v) is 10.4. The first-order valence-electron chi connectivity index (χ1n) is 6.48. The molecule has 0 amide bonds. The van der Waals surface area contributed by atoms with Crippen LogP contribution in [-0.4, -0.2) is 26.9 Å². The van der Waals surface area contributed by atoms with Crippen LogP contribution in [0.25, 0.3) is 0 Å². The second-order valence-electron chi connectivity index (χ2n) is 5.04. The maximum Gasteiger partial charge on any atom is 0.0909 e. The molecular weight excluding hydrogens is 214 g/mol. The molecule has 0 bridgehead atoms. The highest BCUT2D eigenvalue weighted by Crippen LogP contribution is 2.33. The molecule has 0 spiro atoms. The lowest BCUT2D eigenvalue weighted by Crippen LogP contribution is -2.41. The minimum Gasteiger partial charge on any atom is -0.390 e. The van der Waals surface area contributed by atoms with Gasteiger partial charge in [0.05, 0.1) is 11.7 Å². The van der Waals surface area contributed by atoms with E-state index in [-0.39, 0.29) is 0 Å². The number of hydrogen-bond acceptors (Lipinski definition) is 3. The largest absolute Gasteiger partial charge is 0.390 e. The summed E-state index contributed by atoms with van der Waals surface area (Å²) in [6.07, 6.45) is 6.01. The molecule has 0 aliphatic heterocycles. The summed E-state index contributed by atoms with van der Waals surface area (Å²) in [6, 6.07) is 3.98. The molecule has 2 rings (SSSR count). The molecule has 1 unspecified atom stereocenters. The third kappa shape index (κ3) is 2.85. The fourth-order valence-corrected chi connectivity index (χ4v) is 2.49. The van der Waals surface area contributed by atoms with Crippen LogP contribution in [0.2, 0.25) is 0 Å². The molecule has 1 aliphatic carbocycles. The lowest BCUT2D eigenvalue weighted by Gasteiger charge is -2.28. The minimum atomic E-state index is -0.884. The standard InChI is InChI=1S/C14H21NO2/c1-2-11-5-6-12(15-10-11)9-13(16)14(17)7-3-4-8-14/h5-6,10,13,16-17H,2-4,7-9H2,1H3. The zero-order chi connectivity index (χ0) is 12.3. The van der Waals surface area contributed by atoms with E-state index in [0.29, 0.717) is 19.3 Å². The lowest BCUT2D eigenvalue weighted by molar-refractivity contribution is -0.0693. The summed E-state index contributed by atoms with van der Waals surface area (Å²) in [4.78, 5) is 4.32. The predicted molar refractivity (Wildman–Crippen MR) is 66.7 cm³/mol. The SMILES string of the molecule is CCc1ccc(CC(O)C2(O)CCCC2)nc1. The summed E-state index contributed by atoms with van der Waals surface area (Å²) >= 11 is 0. The van der Waals surface area contributed by atoms with Crippen molar-refractivity contribution in [1.29, 1.82) is 0 Å². The van der Waals surface area contributed by atoms with E-state index in [2.05, 4.69) is 11.9 Å². The average molecular weight is 235 g/mol. The Balaban J connectivity index is 1.99. The van der Waals surface area contributed by atoms with E-state index in [1.165, 1.54) is 5.56 Å². The molecule has 1 aromatic rings. The molecule has 0 aromatic carbocycles. The summed E-state index contributed by atoms with van der Waals surface area (Å²) < 4.78 is 0. The van der Waals surface area contributed by atoms with Crippen LogP contribution in [0.15, 0.2) is 18.3 Å². The molecule has 1 aromatic heterocycles. The molecule has 1 saturated carbocycles. The summed E-state index contributed by atoms with van der Waals surface area (Å²) in [7, 11) is 0. The van der Waals surface area contributed by atoms with Gasteiger partial charge in [-0.2, -0.15) is 0 Å². The smallest absolute Gasteiger partial charge is 0.0909 e.